The van der Waals surface area contributed by atoms with Gasteiger partial charge in [-0.1, -0.05) is 0 Å². The molecule has 0 spiro atoms. The Kier molecular flexibility index (Phi) is 6.14. The van der Waals surface area contributed by atoms with Crippen LogP contribution in [0.4, 0.5) is 26.3 Å². The van der Waals surface area contributed by atoms with E-state index in [1.54, 1.807) is 6.92 Å². The Morgan fingerprint density at radius 1 is 1.16 bits per heavy atom. The van der Waals surface area contributed by atoms with E-state index in [0.717, 1.165) is 24.5 Å². The number of hydrogen-bond acceptors (Lipinski definition) is 6. The molecule has 172 valence electrons. The molecule has 2 aromatic heterocycles. The molecule has 0 aliphatic heterocycles. The first-order chi connectivity index (χ1) is 14.8. The van der Waals surface area contributed by atoms with Crippen LogP contribution in [0.25, 0.3) is 10.9 Å². The summed E-state index contributed by atoms with van der Waals surface area (Å²) >= 11 is 0. The minimum absolute atomic E-state index is 0.0500. The molecule has 0 aliphatic rings. The normalized spacial score (nSPS) is 13.1. The lowest BCUT2D eigenvalue weighted by molar-refractivity contribution is -0.274. The minimum Gasteiger partial charge on any atom is -0.467 e. The van der Waals surface area contributed by atoms with E-state index >= 15 is 0 Å². The van der Waals surface area contributed by atoms with Crippen LogP contribution in [-0.4, -0.2) is 44.8 Å². The SMILES string of the molecule is CC(NC(=O)c1nn(C)c2cc(OC(F)(F)F)ccc12)c1cnc(OCC(F)(F)F)cn1. The molecule has 32 heavy (non-hydrogen) atoms. The Morgan fingerprint density at radius 3 is 2.47 bits per heavy atom. The van der Waals surface area contributed by atoms with Gasteiger partial charge < -0.3 is 14.8 Å². The van der Waals surface area contributed by atoms with Crippen molar-refractivity contribution in [3.8, 4) is 11.6 Å². The standard InChI is InChI=1S/C18H15F6N5O3/c1-9(12-6-26-14(7-25-12)31-8-17(19,20)21)27-16(30)15-11-4-3-10(32-18(22,23)24)5-13(11)29(2)28-15/h3-7,9H,8H2,1-2H3,(H,27,30). The zero-order valence-corrected chi connectivity index (χ0v) is 16.5. The number of aryl methyl sites for hydroxylation is 1. The van der Waals surface area contributed by atoms with Gasteiger partial charge in [-0.05, 0) is 19.1 Å². The highest BCUT2D eigenvalue weighted by atomic mass is 19.4. The molecule has 1 atom stereocenters. The molecule has 0 bridgehead atoms. The van der Waals surface area contributed by atoms with Crippen LogP contribution in [0.5, 0.6) is 11.6 Å². The van der Waals surface area contributed by atoms with Crippen molar-refractivity contribution in [2.24, 2.45) is 7.05 Å². The Bertz CT molecular complexity index is 1110. The lowest BCUT2D eigenvalue weighted by Crippen LogP contribution is -2.28. The van der Waals surface area contributed by atoms with E-state index in [9.17, 15) is 31.1 Å². The van der Waals surface area contributed by atoms with Crippen molar-refractivity contribution in [1.82, 2.24) is 25.1 Å². The molecule has 2 heterocycles. The zero-order valence-electron chi connectivity index (χ0n) is 16.5. The largest absolute Gasteiger partial charge is 0.573 e. The van der Waals surface area contributed by atoms with Crippen molar-refractivity contribution in [3.63, 3.8) is 0 Å². The van der Waals surface area contributed by atoms with Crippen LogP contribution >= 0.6 is 0 Å². The Labute approximate surface area is 176 Å². The summed E-state index contributed by atoms with van der Waals surface area (Å²) in [5, 5.41) is 6.92. The molecule has 0 radical (unpaired) electrons. The molecular weight excluding hydrogens is 448 g/mol. The molecule has 1 unspecified atom stereocenters. The molecule has 1 N–H and O–H groups in total. The number of hydrogen-bond donors (Lipinski definition) is 1. The Morgan fingerprint density at radius 2 is 1.88 bits per heavy atom. The number of carbonyl (C=O) groups is 1. The summed E-state index contributed by atoms with van der Waals surface area (Å²) in [4.78, 5) is 20.3. The van der Waals surface area contributed by atoms with E-state index in [2.05, 4.69) is 29.9 Å². The highest BCUT2D eigenvalue weighted by molar-refractivity contribution is 6.05. The van der Waals surface area contributed by atoms with Crippen LogP contribution in [0.1, 0.15) is 29.1 Å². The van der Waals surface area contributed by atoms with Gasteiger partial charge in [0.05, 0.1) is 29.6 Å². The van der Waals surface area contributed by atoms with Crippen LogP contribution in [0.15, 0.2) is 30.6 Å². The number of fused-ring (bicyclic) bond motifs is 1. The smallest absolute Gasteiger partial charge is 0.467 e. The van der Waals surface area contributed by atoms with Gasteiger partial charge in [0.1, 0.15) is 5.75 Å². The van der Waals surface area contributed by atoms with Gasteiger partial charge in [0.2, 0.25) is 5.88 Å². The molecule has 0 fully saturated rings. The van der Waals surface area contributed by atoms with Crippen molar-refractivity contribution in [1.29, 1.82) is 0 Å². The number of nitrogens with one attached hydrogen (secondary N) is 1. The van der Waals surface area contributed by atoms with Gasteiger partial charge in [-0.3, -0.25) is 14.5 Å². The summed E-state index contributed by atoms with van der Waals surface area (Å²) in [5.41, 5.74) is 0.417. The number of ether oxygens (including phenoxy) is 2. The molecule has 8 nitrogen and oxygen atoms in total. The number of aromatic nitrogens is 4. The van der Waals surface area contributed by atoms with E-state index in [0.29, 0.717) is 0 Å². The molecule has 14 heteroatoms. The first kappa shape index (κ1) is 23.1. The quantitative estimate of drug-likeness (QED) is 0.561. The van der Waals surface area contributed by atoms with Gasteiger partial charge in [0, 0.05) is 18.5 Å². The second kappa shape index (κ2) is 8.51. The number of rotatable bonds is 6. The van der Waals surface area contributed by atoms with Gasteiger partial charge >= 0.3 is 12.5 Å². The maximum atomic E-state index is 12.7. The second-order valence-electron chi connectivity index (χ2n) is 6.58. The number of amides is 1. The summed E-state index contributed by atoms with van der Waals surface area (Å²) < 4.78 is 83.4. The van der Waals surface area contributed by atoms with Crippen molar-refractivity contribution in [2.45, 2.75) is 25.5 Å². The fourth-order valence-corrected chi connectivity index (χ4v) is 2.72. The maximum Gasteiger partial charge on any atom is 0.573 e. The Balaban J connectivity index is 1.72. The van der Waals surface area contributed by atoms with Crippen LogP contribution in [0.3, 0.4) is 0 Å². The molecule has 3 aromatic rings. The monoisotopic (exact) mass is 463 g/mol. The minimum atomic E-state index is -4.86. The number of benzene rings is 1. The van der Waals surface area contributed by atoms with E-state index in [1.807, 2.05) is 0 Å². The van der Waals surface area contributed by atoms with Crippen molar-refractivity contribution in [2.75, 3.05) is 6.61 Å². The van der Waals surface area contributed by atoms with Crippen LogP contribution in [-0.2, 0) is 7.05 Å². The molecular formula is C18H15F6N5O3. The van der Waals surface area contributed by atoms with E-state index in [4.69, 9.17) is 0 Å². The van der Waals surface area contributed by atoms with Gasteiger partial charge in [0.15, 0.2) is 12.3 Å². The number of alkyl halides is 6. The highest BCUT2D eigenvalue weighted by Crippen LogP contribution is 2.28. The summed E-state index contributed by atoms with van der Waals surface area (Å²) in [7, 11) is 1.45. The number of carbonyl (C=O) groups excluding carboxylic acids is 1. The lowest BCUT2D eigenvalue weighted by atomic mass is 10.1. The van der Waals surface area contributed by atoms with Crippen LogP contribution in [0.2, 0.25) is 0 Å². The molecule has 3 rings (SSSR count). The first-order valence-corrected chi connectivity index (χ1v) is 8.87. The Hall–Kier alpha value is -3.58. The fourth-order valence-electron chi connectivity index (χ4n) is 2.72. The number of nitrogens with zero attached hydrogens (tertiary/aromatic N) is 4. The van der Waals surface area contributed by atoms with Gasteiger partial charge in [0.25, 0.3) is 5.91 Å². The van der Waals surface area contributed by atoms with E-state index in [1.165, 1.54) is 17.8 Å². The highest BCUT2D eigenvalue weighted by Gasteiger charge is 2.31. The molecule has 0 saturated carbocycles. The summed E-state index contributed by atoms with van der Waals surface area (Å²) in [5.74, 6) is -1.44. The third-order valence-electron chi connectivity index (χ3n) is 4.09. The second-order valence-corrected chi connectivity index (χ2v) is 6.58. The van der Waals surface area contributed by atoms with Gasteiger partial charge in [-0.25, -0.2) is 4.98 Å². The van der Waals surface area contributed by atoms with Crippen LogP contribution < -0.4 is 14.8 Å². The lowest BCUT2D eigenvalue weighted by Gasteiger charge is -2.13. The zero-order chi connectivity index (χ0) is 23.7. The van der Waals surface area contributed by atoms with Crippen LogP contribution in [0, 0.1) is 0 Å². The molecule has 1 aromatic carbocycles. The number of halogens is 6. The van der Waals surface area contributed by atoms with Crippen molar-refractivity contribution < 1.29 is 40.6 Å². The summed E-state index contributed by atoms with van der Waals surface area (Å²) in [6.07, 6.45) is -7.25. The molecule has 1 amide bonds. The predicted molar refractivity (Wildman–Crippen MR) is 96.9 cm³/mol. The third-order valence-corrected chi connectivity index (χ3v) is 4.09. The van der Waals surface area contributed by atoms with Crippen molar-refractivity contribution in [3.05, 3.63) is 42.0 Å². The van der Waals surface area contributed by atoms with Gasteiger partial charge in [-0.2, -0.15) is 18.3 Å². The van der Waals surface area contributed by atoms with E-state index < -0.39 is 36.8 Å². The predicted octanol–water partition coefficient (Wildman–Crippen LogP) is 3.69. The third kappa shape index (κ3) is 5.76. The molecule has 0 saturated heterocycles. The molecule has 0 aliphatic carbocycles. The maximum absolute atomic E-state index is 12.7. The van der Waals surface area contributed by atoms with E-state index in [-0.39, 0.29) is 28.2 Å². The average Bonchev–Trinajstić information content (AvgIpc) is 3.01. The average molecular weight is 463 g/mol. The summed E-state index contributed by atoms with van der Waals surface area (Å²) in [6.45, 7) is 0.0361. The van der Waals surface area contributed by atoms with Crippen molar-refractivity contribution >= 4 is 16.8 Å². The first-order valence-electron chi connectivity index (χ1n) is 8.87. The topological polar surface area (TPSA) is 91.2 Å². The van der Waals surface area contributed by atoms with Gasteiger partial charge in [-0.15, -0.1) is 13.2 Å². The fraction of sp³-hybridized carbons (Fsp3) is 0.333. The summed E-state index contributed by atoms with van der Waals surface area (Å²) in [6, 6.07) is 2.72.